The molecule has 0 radical (unpaired) electrons. The zero-order valence-electron chi connectivity index (χ0n) is 9.79. The summed E-state index contributed by atoms with van der Waals surface area (Å²) in [7, 11) is 3.46. The first kappa shape index (κ1) is 11.6. The Kier molecular flexibility index (Phi) is 3.72. The molecule has 0 bridgehead atoms. The molecule has 0 aliphatic heterocycles. The monoisotopic (exact) mass is 206 g/mol. The minimum Gasteiger partial charge on any atom is -0.334 e. The fraction of sp³-hybridized carbons (Fsp3) is 0.417. The average Bonchev–Trinajstić information content (AvgIpc) is 2.19. The van der Waals surface area contributed by atoms with Crippen LogP contribution in [0.4, 0.5) is 4.79 Å². The Morgan fingerprint density at radius 3 is 2.47 bits per heavy atom. The molecule has 0 aliphatic carbocycles. The predicted octanol–water partition coefficient (Wildman–Crippen LogP) is 2.07. The second kappa shape index (κ2) is 4.82. The number of nitrogens with one attached hydrogen (secondary N) is 1. The number of urea groups is 1. The van der Waals surface area contributed by atoms with Crippen molar-refractivity contribution in [1.82, 2.24) is 10.2 Å². The van der Waals surface area contributed by atoms with Crippen molar-refractivity contribution in [1.29, 1.82) is 0 Å². The first-order valence-electron chi connectivity index (χ1n) is 5.02. The minimum atomic E-state index is -0.0618. The quantitative estimate of drug-likeness (QED) is 0.789. The molecule has 1 rings (SSSR count). The Morgan fingerprint density at radius 1 is 1.27 bits per heavy atom. The highest BCUT2D eigenvalue weighted by Gasteiger charge is 2.02. The van der Waals surface area contributed by atoms with Crippen molar-refractivity contribution in [3.05, 3.63) is 34.9 Å². The Hall–Kier alpha value is -1.51. The van der Waals surface area contributed by atoms with Crippen molar-refractivity contribution in [3.8, 4) is 0 Å². The summed E-state index contributed by atoms with van der Waals surface area (Å²) in [5.74, 6) is 0. The third-order valence-electron chi connectivity index (χ3n) is 2.42. The van der Waals surface area contributed by atoms with Gasteiger partial charge in [0.1, 0.15) is 0 Å². The highest BCUT2D eigenvalue weighted by Crippen LogP contribution is 2.09. The molecule has 15 heavy (non-hydrogen) atoms. The molecule has 0 spiro atoms. The number of hydrogen-bond acceptors (Lipinski definition) is 1. The van der Waals surface area contributed by atoms with E-state index in [4.69, 9.17) is 0 Å². The summed E-state index contributed by atoms with van der Waals surface area (Å²) in [6, 6.07) is 6.16. The molecule has 0 aromatic heterocycles. The van der Waals surface area contributed by atoms with E-state index in [1.807, 2.05) is 6.07 Å². The van der Waals surface area contributed by atoms with Crippen molar-refractivity contribution >= 4 is 6.03 Å². The van der Waals surface area contributed by atoms with Crippen molar-refractivity contribution in [2.75, 3.05) is 14.1 Å². The zero-order chi connectivity index (χ0) is 11.4. The van der Waals surface area contributed by atoms with Crippen LogP contribution in [0.1, 0.15) is 16.7 Å². The third-order valence-corrected chi connectivity index (χ3v) is 2.42. The van der Waals surface area contributed by atoms with Gasteiger partial charge < -0.3 is 10.2 Å². The van der Waals surface area contributed by atoms with Crippen molar-refractivity contribution in [3.63, 3.8) is 0 Å². The molecule has 1 aromatic rings. The summed E-state index contributed by atoms with van der Waals surface area (Å²) in [4.78, 5) is 12.8. The van der Waals surface area contributed by atoms with E-state index in [1.54, 1.807) is 14.1 Å². The second-order valence-electron chi connectivity index (χ2n) is 3.97. The summed E-state index contributed by atoms with van der Waals surface area (Å²) >= 11 is 0. The van der Waals surface area contributed by atoms with Crippen LogP contribution in [0.25, 0.3) is 0 Å². The summed E-state index contributed by atoms with van der Waals surface area (Å²) in [5.41, 5.74) is 3.66. The molecular weight excluding hydrogens is 188 g/mol. The number of carbonyl (C=O) groups is 1. The van der Waals surface area contributed by atoms with Crippen LogP contribution in [0.15, 0.2) is 18.2 Å². The van der Waals surface area contributed by atoms with Gasteiger partial charge in [0, 0.05) is 20.6 Å². The number of benzene rings is 1. The topological polar surface area (TPSA) is 32.3 Å². The zero-order valence-corrected chi connectivity index (χ0v) is 9.79. The van der Waals surface area contributed by atoms with Crippen LogP contribution in [-0.4, -0.2) is 25.0 Å². The maximum absolute atomic E-state index is 11.3. The number of hydrogen-bond donors (Lipinski definition) is 1. The van der Waals surface area contributed by atoms with Crippen LogP contribution in [0, 0.1) is 13.8 Å². The van der Waals surface area contributed by atoms with Gasteiger partial charge in [-0.05, 0) is 30.5 Å². The lowest BCUT2D eigenvalue weighted by molar-refractivity contribution is 0.217. The molecule has 0 atom stereocenters. The lowest BCUT2D eigenvalue weighted by atomic mass is 10.1. The number of amides is 2. The summed E-state index contributed by atoms with van der Waals surface area (Å²) in [5, 5.41) is 2.83. The number of rotatable bonds is 2. The van der Waals surface area contributed by atoms with Gasteiger partial charge >= 0.3 is 6.03 Å². The van der Waals surface area contributed by atoms with E-state index in [-0.39, 0.29) is 6.03 Å². The first-order valence-corrected chi connectivity index (χ1v) is 5.02. The van der Waals surface area contributed by atoms with Crippen LogP contribution in [-0.2, 0) is 6.54 Å². The maximum Gasteiger partial charge on any atom is 0.317 e. The lowest BCUT2D eigenvalue weighted by Gasteiger charge is -2.12. The minimum absolute atomic E-state index is 0.0618. The normalized spacial score (nSPS) is 9.87. The molecule has 3 nitrogen and oxygen atoms in total. The van der Waals surface area contributed by atoms with Crippen LogP contribution in [0.2, 0.25) is 0 Å². The van der Waals surface area contributed by atoms with Gasteiger partial charge in [-0.3, -0.25) is 0 Å². The van der Waals surface area contributed by atoms with Crippen LogP contribution in [0.3, 0.4) is 0 Å². The van der Waals surface area contributed by atoms with E-state index in [0.29, 0.717) is 6.54 Å². The third kappa shape index (κ3) is 3.27. The van der Waals surface area contributed by atoms with Crippen molar-refractivity contribution in [2.24, 2.45) is 0 Å². The first-order chi connectivity index (χ1) is 7.00. The fourth-order valence-electron chi connectivity index (χ4n) is 1.25. The van der Waals surface area contributed by atoms with E-state index in [1.165, 1.54) is 16.0 Å². The smallest absolute Gasteiger partial charge is 0.317 e. The maximum atomic E-state index is 11.3. The van der Waals surface area contributed by atoms with E-state index < -0.39 is 0 Å². The molecule has 0 saturated heterocycles. The molecule has 3 heteroatoms. The molecule has 2 amide bonds. The highest BCUT2D eigenvalue weighted by atomic mass is 16.2. The summed E-state index contributed by atoms with van der Waals surface area (Å²) < 4.78 is 0. The van der Waals surface area contributed by atoms with Gasteiger partial charge in [0.15, 0.2) is 0 Å². The molecule has 0 heterocycles. The molecule has 0 unspecified atom stereocenters. The van der Waals surface area contributed by atoms with Crippen LogP contribution in [0.5, 0.6) is 0 Å². The number of nitrogens with zero attached hydrogens (tertiary/aromatic N) is 1. The lowest BCUT2D eigenvalue weighted by Crippen LogP contribution is -2.33. The number of aryl methyl sites for hydroxylation is 2. The Morgan fingerprint density at radius 2 is 1.93 bits per heavy atom. The average molecular weight is 206 g/mol. The molecule has 1 aromatic carbocycles. The molecule has 0 saturated carbocycles. The Bertz CT molecular complexity index is 359. The highest BCUT2D eigenvalue weighted by molar-refractivity contribution is 5.73. The molecular formula is C12H18N2O. The largest absolute Gasteiger partial charge is 0.334 e. The SMILES string of the molecule is Cc1ccc(CNC(=O)N(C)C)cc1C. The molecule has 0 fully saturated rings. The van der Waals surface area contributed by atoms with E-state index >= 15 is 0 Å². The summed E-state index contributed by atoms with van der Waals surface area (Å²) in [6.07, 6.45) is 0. The fourth-order valence-corrected chi connectivity index (χ4v) is 1.25. The van der Waals surface area contributed by atoms with Gasteiger partial charge in [-0.2, -0.15) is 0 Å². The van der Waals surface area contributed by atoms with Crippen LogP contribution >= 0.6 is 0 Å². The van der Waals surface area contributed by atoms with Gasteiger partial charge in [-0.25, -0.2) is 4.79 Å². The van der Waals surface area contributed by atoms with Gasteiger partial charge in [-0.15, -0.1) is 0 Å². The summed E-state index contributed by atoms with van der Waals surface area (Å²) in [6.45, 7) is 4.74. The molecule has 1 N–H and O–H groups in total. The second-order valence-corrected chi connectivity index (χ2v) is 3.97. The Balaban J connectivity index is 2.58. The van der Waals surface area contributed by atoms with Gasteiger partial charge in [-0.1, -0.05) is 18.2 Å². The van der Waals surface area contributed by atoms with Crippen molar-refractivity contribution < 1.29 is 4.79 Å². The van der Waals surface area contributed by atoms with Gasteiger partial charge in [0.25, 0.3) is 0 Å². The standard InChI is InChI=1S/C12H18N2O/c1-9-5-6-11(7-10(9)2)8-13-12(15)14(3)4/h5-7H,8H2,1-4H3,(H,13,15). The molecule has 0 aliphatic rings. The van der Waals surface area contributed by atoms with E-state index in [9.17, 15) is 4.79 Å². The van der Waals surface area contributed by atoms with E-state index in [2.05, 4.69) is 31.3 Å². The predicted molar refractivity (Wildman–Crippen MR) is 61.8 cm³/mol. The van der Waals surface area contributed by atoms with Gasteiger partial charge in [0.2, 0.25) is 0 Å². The van der Waals surface area contributed by atoms with Crippen molar-refractivity contribution in [2.45, 2.75) is 20.4 Å². The number of carbonyl (C=O) groups excluding carboxylic acids is 1. The van der Waals surface area contributed by atoms with Gasteiger partial charge in [0.05, 0.1) is 0 Å². The molecule has 82 valence electrons. The van der Waals surface area contributed by atoms with Crippen LogP contribution < -0.4 is 5.32 Å². The Labute approximate surface area is 91.1 Å². The van der Waals surface area contributed by atoms with E-state index in [0.717, 1.165) is 5.56 Å².